The van der Waals surface area contributed by atoms with Crippen molar-refractivity contribution in [3.63, 3.8) is 0 Å². The van der Waals surface area contributed by atoms with E-state index in [1.807, 2.05) is 38.1 Å². The molecule has 0 bridgehead atoms. The highest BCUT2D eigenvalue weighted by molar-refractivity contribution is 5.85. The Kier molecular flexibility index (Phi) is 5.45. The normalized spacial score (nSPS) is 15.2. The molecule has 0 saturated carbocycles. The number of nitrogens with two attached hydrogens (primary N) is 1. The summed E-state index contributed by atoms with van der Waals surface area (Å²) in [7, 11) is 1.65. The summed E-state index contributed by atoms with van der Waals surface area (Å²) < 4.78 is 5.32. The van der Waals surface area contributed by atoms with Crippen LogP contribution in [0.15, 0.2) is 29.4 Å². The molecule has 5 nitrogen and oxygen atoms in total. The van der Waals surface area contributed by atoms with Crippen LogP contribution in [-0.4, -0.2) is 24.2 Å². The van der Waals surface area contributed by atoms with Gasteiger partial charge in [0.2, 0.25) is 0 Å². The maximum Gasteiger partial charge on any atom is 0.156 e. The predicted octanol–water partition coefficient (Wildman–Crippen LogP) is 1.87. The average Bonchev–Trinajstić information content (AvgIpc) is 2.43. The quantitative estimate of drug-likeness (QED) is 0.312. The van der Waals surface area contributed by atoms with E-state index in [-0.39, 0.29) is 17.9 Å². The molecular formula is C13H21N3O2. The first-order valence-electron chi connectivity index (χ1n) is 6.00. The number of hydrogen-bond acceptors (Lipinski definition) is 4. The van der Waals surface area contributed by atoms with Gasteiger partial charge in [0.25, 0.3) is 0 Å². The molecule has 2 atom stereocenters. The molecular weight excluding hydrogens is 230 g/mol. The van der Waals surface area contributed by atoms with E-state index in [9.17, 15) is 0 Å². The van der Waals surface area contributed by atoms with E-state index < -0.39 is 0 Å². The van der Waals surface area contributed by atoms with Crippen LogP contribution >= 0.6 is 0 Å². The zero-order chi connectivity index (χ0) is 13.5. The van der Waals surface area contributed by atoms with E-state index in [4.69, 9.17) is 15.7 Å². The van der Waals surface area contributed by atoms with Crippen LogP contribution < -0.4 is 15.8 Å². The van der Waals surface area contributed by atoms with Gasteiger partial charge < -0.3 is 21.0 Å². The van der Waals surface area contributed by atoms with E-state index in [2.05, 4.69) is 10.5 Å². The van der Waals surface area contributed by atoms with Crippen molar-refractivity contribution in [1.82, 2.24) is 5.32 Å². The SMILES string of the molecule is CCC(N[C@@H](C)c1ccccc1OC)/C(N)=N/O. The highest BCUT2D eigenvalue weighted by Gasteiger charge is 2.17. The number of ether oxygens (including phenoxy) is 1. The fourth-order valence-corrected chi connectivity index (χ4v) is 1.90. The first-order chi connectivity index (χ1) is 8.63. The summed E-state index contributed by atoms with van der Waals surface area (Å²) in [5, 5.41) is 15.1. The van der Waals surface area contributed by atoms with Crippen LogP contribution in [0, 0.1) is 0 Å². The zero-order valence-corrected chi connectivity index (χ0v) is 11.1. The lowest BCUT2D eigenvalue weighted by Crippen LogP contribution is -2.42. The summed E-state index contributed by atoms with van der Waals surface area (Å²) in [5.41, 5.74) is 6.68. The van der Waals surface area contributed by atoms with Crippen LogP contribution in [0.4, 0.5) is 0 Å². The minimum absolute atomic E-state index is 0.0476. The molecule has 0 aliphatic heterocycles. The lowest BCUT2D eigenvalue weighted by Gasteiger charge is -2.22. The molecule has 0 aliphatic carbocycles. The van der Waals surface area contributed by atoms with E-state index in [0.29, 0.717) is 0 Å². The molecule has 1 rings (SSSR count). The van der Waals surface area contributed by atoms with Crippen LogP contribution in [0.2, 0.25) is 0 Å². The van der Waals surface area contributed by atoms with Gasteiger partial charge in [-0.3, -0.25) is 0 Å². The van der Waals surface area contributed by atoms with E-state index in [0.717, 1.165) is 17.7 Å². The van der Waals surface area contributed by atoms with Crippen molar-refractivity contribution in [2.75, 3.05) is 7.11 Å². The fourth-order valence-electron chi connectivity index (χ4n) is 1.90. The molecule has 0 saturated heterocycles. The Morgan fingerprint density at radius 1 is 1.50 bits per heavy atom. The third kappa shape index (κ3) is 3.37. The molecule has 5 heteroatoms. The van der Waals surface area contributed by atoms with Crippen LogP contribution in [0.3, 0.4) is 0 Å². The van der Waals surface area contributed by atoms with Gasteiger partial charge >= 0.3 is 0 Å². The largest absolute Gasteiger partial charge is 0.496 e. The summed E-state index contributed by atoms with van der Waals surface area (Å²) >= 11 is 0. The first-order valence-corrected chi connectivity index (χ1v) is 6.00. The van der Waals surface area contributed by atoms with E-state index in [1.54, 1.807) is 7.11 Å². The van der Waals surface area contributed by atoms with Gasteiger partial charge in [-0.25, -0.2) is 0 Å². The monoisotopic (exact) mass is 251 g/mol. The molecule has 1 aromatic rings. The van der Waals surface area contributed by atoms with Crippen LogP contribution in [-0.2, 0) is 0 Å². The van der Waals surface area contributed by atoms with Crippen LogP contribution in [0.1, 0.15) is 31.9 Å². The smallest absolute Gasteiger partial charge is 0.156 e. The van der Waals surface area contributed by atoms with E-state index >= 15 is 0 Å². The van der Waals surface area contributed by atoms with E-state index in [1.165, 1.54) is 0 Å². The van der Waals surface area contributed by atoms with Crippen molar-refractivity contribution in [1.29, 1.82) is 0 Å². The highest BCUT2D eigenvalue weighted by atomic mass is 16.5. The Bertz CT molecular complexity index is 407. The Balaban J connectivity index is 2.84. The lowest BCUT2D eigenvalue weighted by molar-refractivity contribution is 0.313. The molecule has 0 amide bonds. The summed E-state index contributed by atoms with van der Waals surface area (Å²) in [4.78, 5) is 0. The minimum atomic E-state index is -0.157. The van der Waals surface area contributed by atoms with Gasteiger partial charge in [0.05, 0.1) is 13.2 Å². The van der Waals surface area contributed by atoms with Crippen molar-refractivity contribution in [2.45, 2.75) is 32.4 Å². The molecule has 18 heavy (non-hydrogen) atoms. The van der Waals surface area contributed by atoms with Gasteiger partial charge in [-0.15, -0.1) is 0 Å². The number of oxime groups is 1. The second kappa shape index (κ2) is 6.86. The molecule has 0 heterocycles. The summed E-state index contributed by atoms with van der Waals surface area (Å²) in [6.07, 6.45) is 0.745. The number of benzene rings is 1. The van der Waals surface area contributed by atoms with Gasteiger partial charge in [-0.1, -0.05) is 30.3 Å². The van der Waals surface area contributed by atoms with Crippen LogP contribution in [0.25, 0.3) is 0 Å². The third-order valence-electron chi connectivity index (χ3n) is 2.94. The van der Waals surface area contributed by atoms with Crippen molar-refractivity contribution in [3.8, 4) is 5.75 Å². The van der Waals surface area contributed by atoms with Crippen LogP contribution in [0.5, 0.6) is 5.75 Å². The molecule has 0 aromatic heterocycles. The number of methoxy groups -OCH3 is 1. The highest BCUT2D eigenvalue weighted by Crippen LogP contribution is 2.24. The Labute approximate surface area is 108 Å². The standard InChI is InChI=1S/C13H21N3O2/c1-4-11(13(14)16-17)15-9(2)10-7-5-6-8-12(10)18-3/h5-9,11,15,17H,4H2,1-3H3,(H2,14,16)/t9-,11?/m0/s1. The molecule has 4 N–H and O–H groups in total. The number of rotatable bonds is 6. The molecule has 1 aromatic carbocycles. The van der Waals surface area contributed by atoms with Crippen molar-refractivity contribution in [2.24, 2.45) is 10.9 Å². The van der Waals surface area contributed by atoms with Crippen molar-refractivity contribution in [3.05, 3.63) is 29.8 Å². The Morgan fingerprint density at radius 3 is 2.72 bits per heavy atom. The number of hydrogen-bond donors (Lipinski definition) is 3. The summed E-state index contributed by atoms with van der Waals surface area (Å²) in [6.45, 7) is 4.00. The summed E-state index contributed by atoms with van der Waals surface area (Å²) in [5.74, 6) is 1.02. The third-order valence-corrected chi connectivity index (χ3v) is 2.94. The minimum Gasteiger partial charge on any atom is -0.496 e. The number of para-hydroxylation sites is 1. The molecule has 0 fully saturated rings. The van der Waals surface area contributed by atoms with Gasteiger partial charge in [0, 0.05) is 11.6 Å². The maximum atomic E-state index is 8.72. The average molecular weight is 251 g/mol. The van der Waals surface area contributed by atoms with Gasteiger partial charge in [-0.05, 0) is 19.4 Å². The first kappa shape index (κ1) is 14.3. The molecule has 100 valence electrons. The number of nitrogens with zero attached hydrogens (tertiary/aromatic N) is 1. The predicted molar refractivity (Wildman–Crippen MR) is 72.0 cm³/mol. The second-order valence-corrected chi connectivity index (χ2v) is 4.12. The Hall–Kier alpha value is -1.75. The van der Waals surface area contributed by atoms with Gasteiger partial charge in [0.15, 0.2) is 5.84 Å². The van der Waals surface area contributed by atoms with Crippen molar-refractivity contribution < 1.29 is 9.94 Å². The molecule has 1 unspecified atom stereocenters. The van der Waals surface area contributed by atoms with Gasteiger partial charge in [0.1, 0.15) is 5.75 Å². The number of nitrogens with one attached hydrogen (secondary N) is 1. The lowest BCUT2D eigenvalue weighted by atomic mass is 10.1. The molecule has 0 aliphatic rings. The molecule has 0 radical (unpaired) electrons. The Morgan fingerprint density at radius 2 is 2.17 bits per heavy atom. The zero-order valence-electron chi connectivity index (χ0n) is 11.1. The molecule has 0 spiro atoms. The topological polar surface area (TPSA) is 79.9 Å². The number of amidine groups is 1. The fraction of sp³-hybridized carbons (Fsp3) is 0.462. The second-order valence-electron chi connectivity index (χ2n) is 4.12. The van der Waals surface area contributed by atoms with Gasteiger partial charge in [-0.2, -0.15) is 0 Å². The summed E-state index contributed by atoms with van der Waals surface area (Å²) in [6, 6.07) is 7.69. The van der Waals surface area contributed by atoms with Crippen molar-refractivity contribution >= 4 is 5.84 Å². The maximum absolute atomic E-state index is 8.72.